The lowest BCUT2D eigenvalue weighted by Crippen LogP contribution is -2.25. The molecule has 0 saturated heterocycles. The van der Waals surface area contributed by atoms with Gasteiger partial charge in [0.25, 0.3) is 0 Å². The summed E-state index contributed by atoms with van der Waals surface area (Å²) < 4.78 is 5.86. The van der Waals surface area contributed by atoms with E-state index in [1.54, 1.807) is 0 Å². The summed E-state index contributed by atoms with van der Waals surface area (Å²) in [7, 11) is 2.05. The van der Waals surface area contributed by atoms with Crippen molar-refractivity contribution in [2.45, 2.75) is 74.1 Å². The second-order valence-electron chi connectivity index (χ2n) is 5.90. The largest absolute Gasteiger partial charge is 0.490 e. The molecule has 0 aliphatic rings. The molecule has 0 aromatic rings. The maximum Gasteiger partial charge on any atom is 0.175 e. The van der Waals surface area contributed by atoms with E-state index in [1.165, 1.54) is 11.1 Å². The molecule has 0 heterocycles. The standard InChI is InChI=1S/C20H36N2O/c1-9-13-16(5)15-22(8)20(19(14-10-2)23-12-4)21-18(7)17(6)11-3/h14-15H,9-13H2,1-8H3/b16-15+,18-17+,19-14-,21-20+. The number of nitrogens with zero attached hydrogens (tertiary/aromatic N) is 2. The quantitative estimate of drug-likeness (QED) is 0.293. The molecule has 0 rings (SSSR count). The Balaban J connectivity index is 5.84. The van der Waals surface area contributed by atoms with Crippen molar-refractivity contribution >= 4 is 5.84 Å². The molecule has 0 radical (unpaired) electrons. The van der Waals surface area contributed by atoms with Gasteiger partial charge in [-0.2, -0.15) is 0 Å². The highest BCUT2D eigenvalue weighted by molar-refractivity contribution is 5.97. The highest BCUT2D eigenvalue weighted by Gasteiger charge is 2.13. The van der Waals surface area contributed by atoms with Gasteiger partial charge in [0.15, 0.2) is 11.6 Å². The van der Waals surface area contributed by atoms with Crippen LogP contribution in [0.25, 0.3) is 0 Å². The predicted molar refractivity (Wildman–Crippen MR) is 103 cm³/mol. The Kier molecular flexibility index (Phi) is 11.2. The van der Waals surface area contributed by atoms with Gasteiger partial charge < -0.3 is 9.64 Å². The Bertz CT molecular complexity index is 470. The molecule has 0 aliphatic heterocycles. The second kappa shape index (κ2) is 12.0. The number of ether oxygens (including phenoxy) is 1. The summed E-state index contributed by atoms with van der Waals surface area (Å²) in [5.74, 6) is 1.75. The minimum Gasteiger partial charge on any atom is -0.490 e. The number of hydrogen-bond donors (Lipinski definition) is 0. The first-order chi connectivity index (χ1) is 10.9. The van der Waals surface area contributed by atoms with E-state index in [0.717, 1.165) is 43.0 Å². The second-order valence-corrected chi connectivity index (χ2v) is 5.90. The van der Waals surface area contributed by atoms with Gasteiger partial charge in [0.1, 0.15) is 0 Å². The highest BCUT2D eigenvalue weighted by Crippen LogP contribution is 2.15. The summed E-state index contributed by atoms with van der Waals surface area (Å²) in [6, 6.07) is 0. The Morgan fingerprint density at radius 3 is 2.22 bits per heavy atom. The van der Waals surface area contributed by atoms with Crippen molar-refractivity contribution in [3.63, 3.8) is 0 Å². The third-order valence-corrected chi connectivity index (χ3v) is 3.72. The molecule has 23 heavy (non-hydrogen) atoms. The zero-order valence-corrected chi connectivity index (χ0v) is 16.5. The van der Waals surface area contributed by atoms with Crippen LogP contribution in [0, 0.1) is 0 Å². The maximum absolute atomic E-state index is 5.86. The third kappa shape index (κ3) is 8.06. The zero-order chi connectivity index (χ0) is 17.8. The summed E-state index contributed by atoms with van der Waals surface area (Å²) in [6.45, 7) is 15.5. The molecular weight excluding hydrogens is 284 g/mol. The van der Waals surface area contributed by atoms with Gasteiger partial charge in [0, 0.05) is 18.9 Å². The molecule has 0 unspecified atom stereocenters. The van der Waals surface area contributed by atoms with Gasteiger partial charge in [-0.3, -0.25) is 0 Å². The van der Waals surface area contributed by atoms with Crippen LogP contribution >= 0.6 is 0 Å². The maximum atomic E-state index is 5.86. The van der Waals surface area contributed by atoms with E-state index in [2.05, 4.69) is 65.8 Å². The van der Waals surface area contributed by atoms with Crippen LogP contribution in [0.2, 0.25) is 0 Å². The van der Waals surface area contributed by atoms with Crippen LogP contribution in [-0.2, 0) is 4.74 Å². The third-order valence-electron chi connectivity index (χ3n) is 3.72. The number of likely N-dealkylation sites (N-methyl/N-ethyl adjacent to an activating group) is 1. The molecule has 3 nitrogen and oxygen atoms in total. The van der Waals surface area contributed by atoms with Crippen LogP contribution in [0.4, 0.5) is 0 Å². The molecule has 0 atom stereocenters. The topological polar surface area (TPSA) is 24.8 Å². The van der Waals surface area contributed by atoms with Crippen LogP contribution in [0.1, 0.15) is 74.1 Å². The van der Waals surface area contributed by atoms with Gasteiger partial charge in [0.2, 0.25) is 0 Å². The van der Waals surface area contributed by atoms with Gasteiger partial charge in [-0.15, -0.1) is 0 Å². The molecule has 0 amide bonds. The number of hydrogen-bond acceptors (Lipinski definition) is 2. The van der Waals surface area contributed by atoms with Crippen LogP contribution in [0.3, 0.4) is 0 Å². The number of rotatable bonds is 9. The fraction of sp³-hybridized carbons (Fsp3) is 0.650. The van der Waals surface area contributed by atoms with Crippen molar-refractivity contribution in [3.8, 4) is 0 Å². The van der Waals surface area contributed by atoms with Crippen LogP contribution in [-0.4, -0.2) is 24.4 Å². The highest BCUT2D eigenvalue weighted by atomic mass is 16.5. The molecule has 0 aliphatic carbocycles. The summed E-state index contributed by atoms with van der Waals surface area (Å²) in [4.78, 5) is 6.97. The fourth-order valence-electron chi connectivity index (χ4n) is 2.22. The number of aliphatic imine (C=N–C) groups is 1. The SMILES string of the molecule is CC/C=C(OCC)/C(=N\C(C)=C(/C)CC)N(C)/C=C(\C)CCC. The van der Waals surface area contributed by atoms with Gasteiger partial charge >= 0.3 is 0 Å². The minimum atomic E-state index is 0.645. The number of amidine groups is 1. The van der Waals surface area contributed by atoms with Crippen molar-refractivity contribution in [3.05, 3.63) is 34.9 Å². The smallest absolute Gasteiger partial charge is 0.175 e. The zero-order valence-electron chi connectivity index (χ0n) is 16.5. The monoisotopic (exact) mass is 320 g/mol. The van der Waals surface area contributed by atoms with Gasteiger partial charge in [-0.1, -0.05) is 38.3 Å². The number of allylic oxidation sites excluding steroid dienone is 4. The average Bonchev–Trinajstić information content (AvgIpc) is 2.51. The van der Waals surface area contributed by atoms with E-state index < -0.39 is 0 Å². The van der Waals surface area contributed by atoms with Gasteiger partial charge in [-0.05, 0) is 53.0 Å². The molecule has 0 N–H and O–H groups in total. The Labute approximate surface area is 143 Å². The lowest BCUT2D eigenvalue weighted by molar-refractivity contribution is 0.243. The molecule has 0 saturated carbocycles. The molecule has 0 aromatic heterocycles. The van der Waals surface area contributed by atoms with Crippen molar-refractivity contribution in [2.75, 3.05) is 13.7 Å². The minimum absolute atomic E-state index is 0.645. The normalized spacial score (nSPS) is 14.7. The van der Waals surface area contributed by atoms with E-state index >= 15 is 0 Å². The van der Waals surface area contributed by atoms with Crippen molar-refractivity contribution in [1.82, 2.24) is 4.90 Å². The van der Waals surface area contributed by atoms with E-state index in [1.807, 2.05) is 6.92 Å². The van der Waals surface area contributed by atoms with Crippen molar-refractivity contribution in [2.24, 2.45) is 4.99 Å². The molecule has 0 bridgehead atoms. The Morgan fingerprint density at radius 1 is 1.09 bits per heavy atom. The molecule has 0 spiro atoms. The summed E-state index contributed by atoms with van der Waals surface area (Å²) in [5, 5.41) is 0. The van der Waals surface area contributed by atoms with Gasteiger partial charge in [0.05, 0.1) is 6.61 Å². The molecule has 0 fully saturated rings. The molecular formula is C20H36N2O. The molecule has 132 valence electrons. The van der Waals surface area contributed by atoms with E-state index in [4.69, 9.17) is 9.73 Å². The van der Waals surface area contributed by atoms with Crippen LogP contribution in [0.15, 0.2) is 39.9 Å². The van der Waals surface area contributed by atoms with Crippen molar-refractivity contribution in [1.29, 1.82) is 0 Å². The van der Waals surface area contributed by atoms with E-state index in [9.17, 15) is 0 Å². The predicted octanol–water partition coefficient (Wildman–Crippen LogP) is 6.05. The molecule has 0 aromatic carbocycles. The lowest BCUT2D eigenvalue weighted by Gasteiger charge is -2.21. The molecule has 3 heteroatoms. The summed E-state index contributed by atoms with van der Waals surface area (Å²) in [5.41, 5.74) is 3.72. The van der Waals surface area contributed by atoms with Gasteiger partial charge in [-0.25, -0.2) is 4.99 Å². The summed E-state index contributed by atoms with van der Waals surface area (Å²) >= 11 is 0. The summed E-state index contributed by atoms with van der Waals surface area (Å²) in [6.07, 6.45) is 8.46. The first-order valence-corrected chi connectivity index (χ1v) is 8.89. The average molecular weight is 321 g/mol. The van der Waals surface area contributed by atoms with E-state index in [0.29, 0.717) is 6.61 Å². The van der Waals surface area contributed by atoms with Crippen LogP contribution in [0.5, 0.6) is 0 Å². The Morgan fingerprint density at radius 2 is 1.74 bits per heavy atom. The van der Waals surface area contributed by atoms with Crippen molar-refractivity contribution < 1.29 is 4.74 Å². The first-order valence-electron chi connectivity index (χ1n) is 8.89. The Hall–Kier alpha value is -1.51. The van der Waals surface area contributed by atoms with Crippen LogP contribution < -0.4 is 0 Å². The van der Waals surface area contributed by atoms with E-state index in [-0.39, 0.29) is 0 Å². The lowest BCUT2D eigenvalue weighted by atomic mass is 10.2. The first kappa shape index (κ1) is 21.5. The fourth-order valence-corrected chi connectivity index (χ4v) is 2.22.